The fourth-order valence-electron chi connectivity index (χ4n) is 1.61. The van der Waals surface area contributed by atoms with Gasteiger partial charge in [0.15, 0.2) is 5.65 Å². The van der Waals surface area contributed by atoms with Crippen molar-refractivity contribution in [2.75, 3.05) is 0 Å². The molecule has 0 amide bonds. The van der Waals surface area contributed by atoms with E-state index in [4.69, 9.17) is 10.8 Å². The second kappa shape index (κ2) is 3.81. The molecule has 6 nitrogen and oxygen atoms in total. The molecule has 0 aliphatic rings. The number of carboxylic acids is 1. The molecule has 0 bridgehead atoms. The summed E-state index contributed by atoms with van der Waals surface area (Å²) in [5, 5.41) is 13.3. The van der Waals surface area contributed by atoms with E-state index in [2.05, 4.69) is 10.1 Å². The summed E-state index contributed by atoms with van der Waals surface area (Å²) in [5.74, 6) is -1.04. The molecule has 0 saturated carbocycles. The van der Waals surface area contributed by atoms with Gasteiger partial charge in [0.1, 0.15) is 6.04 Å². The van der Waals surface area contributed by atoms with E-state index >= 15 is 0 Å². The third kappa shape index (κ3) is 1.87. The van der Waals surface area contributed by atoms with Crippen molar-refractivity contribution in [3.63, 3.8) is 0 Å². The van der Waals surface area contributed by atoms with Gasteiger partial charge >= 0.3 is 5.97 Å². The molecule has 17 heavy (non-hydrogen) atoms. The highest BCUT2D eigenvalue weighted by molar-refractivity contribution is 5.75. The average molecular weight is 234 g/mol. The first kappa shape index (κ1) is 11.5. The van der Waals surface area contributed by atoms with Gasteiger partial charge in [0.05, 0.1) is 5.69 Å². The maximum Gasteiger partial charge on any atom is 0.321 e. The van der Waals surface area contributed by atoms with Crippen molar-refractivity contribution in [2.45, 2.75) is 25.3 Å². The van der Waals surface area contributed by atoms with E-state index in [9.17, 15) is 4.79 Å². The number of rotatable bonds is 3. The summed E-state index contributed by atoms with van der Waals surface area (Å²) in [7, 11) is 0. The quantitative estimate of drug-likeness (QED) is 0.802. The molecule has 1 unspecified atom stereocenters. The Morgan fingerprint density at radius 1 is 1.59 bits per heavy atom. The number of carboxylic acid groups (broad SMARTS) is 1. The van der Waals surface area contributed by atoms with Crippen molar-refractivity contribution in [3.05, 3.63) is 30.2 Å². The average Bonchev–Trinajstić information content (AvgIpc) is 2.71. The zero-order valence-electron chi connectivity index (χ0n) is 9.66. The molecular formula is C11H14N4O2. The fraction of sp³-hybridized carbons (Fsp3) is 0.364. The minimum absolute atomic E-state index is 0.617. The lowest BCUT2D eigenvalue weighted by molar-refractivity contribution is -0.140. The first-order chi connectivity index (χ1) is 7.93. The Morgan fingerprint density at radius 2 is 2.29 bits per heavy atom. The highest BCUT2D eigenvalue weighted by atomic mass is 16.4. The van der Waals surface area contributed by atoms with E-state index in [-0.39, 0.29) is 0 Å². The Hall–Kier alpha value is -1.95. The van der Waals surface area contributed by atoms with Crippen LogP contribution in [-0.2, 0) is 10.2 Å². The molecule has 1 atom stereocenters. The Bertz CT molecular complexity index is 528. The predicted molar refractivity (Wildman–Crippen MR) is 61.6 cm³/mol. The van der Waals surface area contributed by atoms with Crippen molar-refractivity contribution < 1.29 is 9.90 Å². The van der Waals surface area contributed by atoms with Crippen molar-refractivity contribution >= 4 is 11.6 Å². The van der Waals surface area contributed by atoms with E-state index in [0.717, 1.165) is 0 Å². The van der Waals surface area contributed by atoms with Gasteiger partial charge in [0.25, 0.3) is 0 Å². The Balaban J connectivity index is 2.48. The van der Waals surface area contributed by atoms with Crippen LogP contribution in [0.2, 0.25) is 0 Å². The number of nitrogens with two attached hydrogens (primary N) is 1. The van der Waals surface area contributed by atoms with Crippen LogP contribution in [0.25, 0.3) is 5.65 Å². The van der Waals surface area contributed by atoms with E-state index in [1.165, 1.54) is 0 Å². The van der Waals surface area contributed by atoms with Gasteiger partial charge in [0, 0.05) is 23.9 Å². The predicted octanol–water partition coefficient (Wildman–Crippen LogP) is 0.419. The van der Waals surface area contributed by atoms with Gasteiger partial charge < -0.3 is 10.8 Å². The smallest absolute Gasteiger partial charge is 0.321 e. The number of hydrogen-bond acceptors (Lipinski definition) is 4. The molecule has 0 spiro atoms. The van der Waals surface area contributed by atoms with Gasteiger partial charge in [-0.1, -0.05) is 13.8 Å². The molecular weight excluding hydrogens is 220 g/mol. The Kier molecular flexibility index (Phi) is 2.59. The minimum atomic E-state index is -1.04. The van der Waals surface area contributed by atoms with Gasteiger partial charge in [-0.05, 0) is 6.07 Å². The molecule has 2 aromatic rings. The number of hydrogen-bond donors (Lipinski definition) is 2. The molecule has 0 aliphatic heterocycles. The highest BCUT2D eigenvalue weighted by Gasteiger charge is 2.36. The van der Waals surface area contributed by atoms with E-state index in [0.29, 0.717) is 11.3 Å². The van der Waals surface area contributed by atoms with E-state index in [1.54, 1.807) is 42.9 Å². The molecule has 90 valence electrons. The summed E-state index contributed by atoms with van der Waals surface area (Å²) < 4.78 is 1.60. The monoisotopic (exact) mass is 234 g/mol. The highest BCUT2D eigenvalue weighted by Crippen LogP contribution is 2.25. The molecule has 0 fully saturated rings. The number of fused-ring (bicyclic) bond motifs is 1. The normalized spacial score (nSPS) is 13.8. The number of aromatic nitrogens is 3. The molecule has 0 radical (unpaired) electrons. The maximum absolute atomic E-state index is 11.0. The molecule has 0 saturated heterocycles. The van der Waals surface area contributed by atoms with Crippen LogP contribution in [0.3, 0.4) is 0 Å². The van der Waals surface area contributed by atoms with Crippen molar-refractivity contribution in [1.29, 1.82) is 0 Å². The molecule has 3 N–H and O–H groups in total. The van der Waals surface area contributed by atoms with Crippen LogP contribution in [-0.4, -0.2) is 31.7 Å². The largest absolute Gasteiger partial charge is 0.480 e. The summed E-state index contributed by atoms with van der Waals surface area (Å²) >= 11 is 0. The standard InChI is InChI=1S/C11H14N4O2/c1-11(2,9(12)10(16)17)7-6-8-13-4-3-5-15(8)14-7/h3-6,9H,12H2,1-2H3,(H,16,17). The molecule has 6 heteroatoms. The van der Waals surface area contributed by atoms with Gasteiger partial charge in [-0.15, -0.1) is 0 Å². The Labute approximate surface area is 98.1 Å². The zero-order valence-corrected chi connectivity index (χ0v) is 9.66. The van der Waals surface area contributed by atoms with Crippen LogP contribution in [0.1, 0.15) is 19.5 Å². The summed E-state index contributed by atoms with van der Waals surface area (Å²) in [4.78, 5) is 15.1. The van der Waals surface area contributed by atoms with Crippen molar-refractivity contribution in [3.8, 4) is 0 Å². The maximum atomic E-state index is 11.0. The summed E-state index contributed by atoms with van der Waals surface area (Å²) in [6.07, 6.45) is 3.42. The summed E-state index contributed by atoms with van der Waals surface area (Å²) in [5.41, 5.74) is 6.22. The van der Waals surface area contributed by atoms with E-state index < -0.39 is 17.4 Å². The van der Waals surface area contributed by atoms with E-state index in [1.807, 2.05) is 0 Å². The minimum Gasteiger partial charge on any atom is -0.480 e. The number of aliphatic carboxylic acids is 1. The summed E-state index contributed by atoms with van der Waals surface area (Å²) in [6.45, 7) is 3.52. The van der Waals surface area contributed by atoms with Crippen molar-refractivity contribution in [1.82, 2.24) is 14.6 Å². The van der Waals surface area contributed by atoms with Crippen LogP contribution < -0.4 is 5.73 Å². The van der Waals surface area contributed by atoms with Gasteiger partial charge in [-0.3, -0.25) is 4.79 Å². The Morgan fingerprint density at radius 3 is 2.88 bits per heavy atom. The molecule has 2 rings (SSSR count). The number of carbonyl (C=O) groups is 1. The lowest BCUT2D eigenvalue weighted by atomic mass is 9.82. The first-order valence-electron chi connectivity index (χ1n) is 5.22. The van der Waals surface area contributed by atoms with Crippen LogP contribution in [0.5, 0.6) is 0 Å². The lowest BCUT2D eigenvalue weighted by Gasteiger charge is -2.26. The van der Waals surface area contributed by atoms with Gasteiger partial charge in [0.2, 0.25) is 0 Å². The first-order valence-corrected chi connectivity index (χ1v) is 5.22. The molecule has 0 aromatic carbocycles. The zero-order chi connectivity index (χ0) is 12.6. The topological polar surface area (TPSA) is 93.5 Å². The number of nitrogens with zero attached hydrogens (tertiary/aromatic N) is 3. The van der Waals surface area contributed by atoms with Gasteiger partial charge in [-0.25, -0.2) is 9.50 Å². The second-order valence-electron chi connectivity index (χ2n) is 4.49. The second-order valence-corrected chi connectivity index (χ2v) is 4.49. The van der Waals surface area contributed by atoms with Crippen LogP contribution in [0.4, 0.5) is 0 Å². The molecule has 2 heterocycles. The van der Waals surface area contributed by atoms with Crippen LogP contribution in [0.15, 0.2) is 24.5 Å². The fourth-order valence-corrected chi connectivity index (χ4v) is 1.61. The van der Waals surface area contributed by atoms with Gasteiger partial charge in [-0.2, -0.15) is 5.10 Å². The lowest BCUT2D eigenvalue weighted by Crippen LogP contribution is -2.47. The van der Waals surface area contributed by atoms with Crippen LogP contribution in [0, 0.1) is 0 Å². The SMILES string of the molecule is CC(C)(c1cc2ncccn2n1)C(N)C(=O)O. The third-order valence-corrected chi connectivity index (χ3v) is 2.94. The third-order valence-electron chi connectivity index (χ3n) is 2.94. The molecule has 2 aromatic heterocycles. The van der Waals surface area contributed by atoms with Crippen LogP contribution >= 0.6 is 0 Å². The molecule has 0 aliphatic carbocycles. The summed E-state index contributed by atoms with van der Waals surface area (Å²) in [6, 6.07) is 2.50. The van der Waals surface area contributed by atoms with Crippen molar-refractivity contribution in [2.24, 2.45) is 5.73 Å².